The number of rotatable bonds is 7. The van der Waals surface area contributed by atoms with Crippen molar-refractivity contribution in [2.24, 2.45) is 5.92 Å². The van der Waals surface area contributed by atoms with Crippen LogP contribution in [0.2, 0.25) is 0 Å². The Morgan fingerprint density at radius 3 is 2.79 bits per heavy atom. The van der Waals surface area contributed by atoms with Gasteiger partial charge < -0.3 is 14.8 Å². The second-order valence-electron chi connectivity index (χ2n) is 4.81. The van der Waals surface area contributed by atoms with Gasteiger partial charge in [-0.25, -0.2) is 4.79 Å². The van der Waals surface area contributed by atoms with E-state index in [0.29, 0.717) is 24.7 Å². The van der Waals surface area contributed by atoms with E-state index >= 15 is 0 Å². The molecule has 0 radical (unpaired) electrons. The summed E-state index contributed by atoms with van der Waals surface area (Å²) in [7, 11) is 1.70. The molecule has 0 saturated heterocycles. The summed E-state index contributed by atoms with van der Waals surface area (Å²) in [5.41, 5.74) is 1.42. The van der Waals surface area contributed by atoms with Crippen molar-refractivity contribution < 1.29 is 14.3 Å². The highest BCUT2D eigenvalue weighted by Gasteiger charge is 2.31. The summed E-state index contributed by atoms with van der Waals surface area (Å²) >= 11 is 0. The largest absolute Gasteiger partial charge is 0.462 e. The Morgan fingerprint density at radius 2 is 2.16 bits per heavy atom. The molecule has 1 aliphatic rings. The predicted octanol–water partition coefficient (Wildman–Crippen LogP) is 2.70. The lowest BCUT2D eigenvalue weighted by molar-refractivity contribution is 0.0527. The van der Waals surface area contributed by atoms with Gasteiger partial charge in [-0.3, -0.25) is 0 Å². The van der Waals surface area contributed by atoms with E-state index in [-0.39, 0.29) is 12.0 Å². The van der Waals surface area contributed by atoms with Crippen LogP contribution in [0.25, 0.3) is 0 Å². The van der Waals surface area contributed by atoms with Crippen molar-refractivity contribution >= 4 is 11.7 Å². The van der Waals surface area contributed by atoms with Crippen LogP contribution >= 0.6 is 0 Å². The van der Waals surface area contributed by atoms with E-state index in [2.05, 4.69) is 5.32 Å². The number of nitrogens with one attached hydrogen (secondary N) is 1. The topological polar surface area (TPSA) is 47.6 Å². The van der Waals surface area contributed by atoms with Gasteiger partial charge in [-0.2, -0.15) is 0 Å². The number of benzene rings is 1. The minimum Gasteiger partial charge on any atom is -0.462 e. The van der Waals surface area contributed by atoms with Crippen LogP contribution in [0.5, 0.6) is 0 Å². The minimum atomic E-state index is -0.280. The average Bonchev–Trinajstić information content (AvgIpc) is 3.23. The normalized spacial score (nSPS) is 15.9. The molecule has 1 aromatic carbocycles. The maximum Gasteiger partial charge on any atom is 0.340 e. The van der Waals surface area contributed by atoms with Gasteiger partial charge in [-0.15, -0.1) is 0 Å². The van der Waals surface area contributed by atoms with Crippen LogP contribution < -0.4 is 5.32 Å². The monoisotopic (exact) mass is 263 g/mol. The van der Waals surface area contributed by atoms with Crippen LogP contribution in [0.15, 0.2) is 24.3 Å². The summed E-state index contributed by atoms with van der Waals surface area (Å²) in [5.74, 6) is 0.368. The fourth-order valence-electron chi connectivity index (χ4n) is 2.17. The van der Waals surface area contributed by atoms with Crippen LogP contribution in [0.4, 0.5) is 5.69 Å². The molecule has 1 N–H and O–H groups in total. The highest BCUT2D eigenvalue weighted by molar-refractivity contribution is 5.95. The van der Waals surface area contributed by atoms with Crippen LogP contribution in [-0.2, 0) is 9.47 Å². The van der Waals surface area contributed by atoms with E-state index < -0.39 is 0 Å². The highest BCUT2D eigenvalue weighted by Crippen LogP contribution is 2.34. The molecule has 1 aromatic rings. The lowest BCUT2D eigenvalue weighted by atomic mass is 10.1. The molecule has 0 aromatic heterocycles. The van der Waals surface area contributed by atoms with Crippen LogP contribution in [0.3, 0.4) is 0 Å². The van der Waals surface area contributed by atoms with Crippen molar-refractivity contribution in [2.75, 3.05) is 25.6 Å². The van der Waals surface area contributed by atoms with E-state index in [4.69, 9.17) is 9.47 Å². The Hall–Kier alpha value is -1.55. The fraction of sp³-hybridized carbons (Fsp3) is 0.533. The number of esters is 1. The molecule has 0 heterocycles. The first-order valence-electron chi connectivity index (χ1n) is 6.78. The van der Waals surface area contributed by atoms with E-state index in [1.165, 1.54) is 12.8 Å². The molecule has 19 heavy (non-hydrogen) atoms. The van der Waals surface area contributed by atoms with Crippen molar-refractivity contribution in [1.29, 1.82) is 0 Å². The van der Waals surface area contributed by atoms with Gasteiger partial charge in [-0.1, -0.05) is 12.1 Å². The number of hydrogen-bond acceptors (Lipinski definition) is 4. The molecule has 1 fully saturated rings. The maximum absolute atomic E-state index is 11.9. The third-order valence-corrected chi connectivity index (χ3v) is 3.30. The smallest absolute Gasteiger partial charge is 0.340 e. The molecular formula is C15H21NO3. The Labute approximate surface area is 114 Å². The molecular weight excluding hydrogens is 242 g/mol. The first-order chi connectivity index (χ1) is 9.26. The van der Waals surface area contributed by atoms with Crippen molar-refractivity contribution in [3.8, 4) is 0 Å². The molecule has 0 aliphatic heterocycles. The molecule has 4 heteroatoms. The Kier molecular flexibility index (Phi) is 4.80. The third kappa shape index (κ3) is 3.70. The molecule has 0 bridgehead atoms. The van der Waals surface area contributed by atoms with Gasteiger partial charge in [0.15, 0.2) is 0 Å². The molecule has 1 atom stereocenters. The standard InChI is InChI=1S/C15H21NO3/c1-3-19-15(17)12-6-4-5-7-13(12)16-14(10-18-2)11-8-9-11/h4-7,11,14,16H,3,8-10H2,1-2H3. The lowest BCUT2D eigenvalue weighted by Gasteiger charge is -2.20. The molecule has 1 saturated carbocycles. The molecule has 0 amide bonds. The molecule has 2 rings (SSSR count). The van der Waals surface area contributed by atoms with Gasteiger partial charge in [0.25, 0.3) is 0 Å². The van der Waals surface area contributed by atoms with E-state index in [1.807, 2.05) is 25.1 Å². The Morgan fingerprint density at radius 1 is 1.42 bits per heavy atom. The number of anilines is 1. The first kappa shape index (κ1) is 13.9. The molecule has 1 aliphatic carbocycles. The van der Waals surface area contributed by atoms with E-state index in [0.717, 1.165) is 5.69 Å². The molecule has 104 valence electrons. The van der Waals surface area contributed by atoms with Gasteiger partial charge in [0.1, 0.15) is 0 Å². The average molecular weight is 263 g/mol. The second-order valence-corrected chi connectivity index (χ2v) is 4.81. The minimum absolute atomic E-state index is 0.264. The van der Waals surface area contributed by atoms with Gasteiger partial charge in [-0.05, 0) is 37.8 Å². The summed E-state index contributed by atoms with van der Waals surface area (Å²) in [6.45, 7) is 2.85. The van der Waals surface area contributed by atoms with Crippen molar-refractivity contribution in [3.05, 3.63) is 29.8 Å². The Balaban J connectivity index is 2.11. The number of ether oxygens (including phenoxy) is 2. The number of methoxy groups -OCH3 is 1. The van der Waals surface area contributed by atoms with E-state index in [1.54, 1.807) is 13.2 Å². The SMILES string of the molecule is CCOC(=O)c1ccccc1NC(COC)C1CC1. The molecule has 0 spiro atoms. The maximum atomic E-state index is 11.9. The summed E-state index contributed by atoms with van der Waals surface area (Å²) in [4.78, 5) is 11.9. The number of carbonyl (C=O) groups excluding carboxylic acids is 1. The van der Waals surface area contributed by atoms with Crippen molar-refractivity contribution in [1.82, 2.24) is 0 Å². The zero-order valence-electron chi connectivity index (χ0n) is 11.5. The summed E-state index contributed by atoms with van der Waals surface area (Å²) in [5, 5.41) is 3.42. The zero-order chi connectivity index (χ0) is 13.7. The van der Waals surface area contributed by atoms with Crippen LogP contribution in [0, 0.1) is 5.92 Å². The summed E-state index contributed by atoms with van der Waals surface area (Å²) in [6.07, 6.45) is 2.45. The molecule has 1 unspecified atom stereocenters. The third-order valence-electron chi connectivity index (χ3n) is 3.30. The van der Waals surface area contributed by atoms with E-state index in [9.17, 15) is 4.79 Å². The van der Waals surface area contributed by atoms with Crippen LogP contribution in [-0.4, -0.2) is 32.3 Å². The summed E-state index contributed by atoms with van der Waals surface area (Å²) in [6, 6.07) is 7.73. The number of carbonyl (C=O) groups is 1. The van der Waals surface area contributed by atoms with Crippen LogP contribution in [0.1, 0.15) is 30.1 Å². The first-order valence-corrected chi connectivity index (χ1v) is 6.78. The van der Waals surface area contributed by atoms with Gasteiger partial charge in [0.2, 0.25) is 0 Å². The molecule has 4 nitrogen and oxygen atoms in total. The number of para-hydroxylation sites is 1. The van der Waals surface area contributed by atoms with Gasteiger partial charge >= 0.3 is 5.97 Å². The zero-order valence-corrected chi connectivity index (χ0v) is 11.5. The summed E-state index contributed by atoms with van der Waals surface area (Å²) < 4.78 is 10.3. The van der Waals surface area contributed by atoms with Gasteiger partial charge in [0.05, 0.1) is 24.8 Å². The van der Waals surface area contributed by atoms with Gasteiger partial charge in [0, 0.05) is 12.8 Å². The lowest BCUT2D eigenvalue weighted by Crippen LogP contribution is -2.28. The second kappa shape index (κ2) is 6.57. The fourth-order valence-corrected chi connectivity index (χ4v) is 2.17. The Bertz CT molecular complexity index is 429. The quantitative estimate of drug-likeness (QED) is 0.768. The number of hydrogen-bond donors (Lipinski definition) is 1. The highest BCUT2D eigenvalue weighted by atomic mass is 16.5. The van der Waals surface area contributed by atoms with Crippen molar-refractivity contribution in [2.45, 2.75) is 25.8 Å². The van der Waals surface area contributed by atoms with Crippen molar-refractivity contribution in [3.63, 3.8) is 0 Å². The predicted molar refractivity (Wildman–Crippen MR) is 74.4 cm³/mol.